The Hall–Kier alpha value is -1.11. The number of nitrogens with one attached hydrogen (secondary N) is 1. The molecule has 3 N–H and O–H groups in total. The number of nitrogens with two attached hydrogens (primary N) is 1. The van der Waals surface area contributed by atoms with E-state index >= 15 is 0 Å². The lowest BCUT2D eigenvalue weighted by atomic mass is 10.0. The van der Waals surface area contributed by atoms with E-state index in [-0.39, 0.29) is 0 Å². The Bertz CT molecular complexity index is 473. The molecule has 0 aliphatic carbocycles. The maximum absolute atomic E-state index is 11.6. The van der Waals surface area contributed by atoms with Crippen molar-refractivity contribution in [3.05, 3.63) is 29.8 Å². The van der Waals surface area contributed by atoms with Crippen LogP contribution in [0.25, 0.3) is 0 Å². The fourth-order valence-corrected chi connectivity index (χ4v) is 2.37. The van der Waals surface area contributed by atoms with Gasteiger partial charge in [-0.3, -0.25) is 11.3 Å². The standard InChI is InChI=1S/C11H18N2O3S/c1-8(17(3,14)15)11(13-12)9-6-4-5-7-10(9)16-2/h4-8,11,13H,12H2,1-3H3. The van der Waals surface area contributed by atoms with E-state index < -0.39 is 21.1 Å². The first-order valence-electron chi connectivity index (χ1n) is 5.19. The highest BCUT2D eigenvalue weighted by molar-refractivity contribution is 7.91. The molecule has 1 aromatic carbocycles. The number of hydrogen-bond acceptors (Lipinski definition) is 5. The number of sulfone groups is 1. The number of rotatable bonds is 5. The Morgan fingerprint density at radius 1 is 1.35 bits per heavy atom. The topological polar surface area (TPSA) is 81.4 Å². The molecule has 1 aromatic rings. The van der Waals surface area contributed by atoms with Gasteiger partial charge in [0.2, 0.25) is 0 Å². The van der Waals surface area contributed by atoms with Crippen LogP contribution < -0.4 is 16.0 Å². The summed E-state index contributed by atoms with van der Waals surface area (Å²) in [5.74, 6) is 6.07. The number of para-hydroxylation sites is 1. The van der Waals surface area contributed by atoms with Gasteiger partial charge in [-0.1, -0.05) is 18.2 Å². The van der Waals surface area contributed by atoms with Crippen molar-refractivity contribution in [3.63, 3.8) is 0 Å². The van der Waals surface area contributed by atoms with Crippen molar-refractivity contribution in [1.82, 2.24) is 5.43 Å². The van der Waals surface area contributed by atoms with Crippen LogP contribution in [0.1, 0.15) is 18.5 Å². The molecule has 2 unspecified atom stereocenters. The van der Waals surface area contributed by atoms with Crippen molar-refractivity contribution >= 4 is 9.84 Å². The van der Waals surface area contributed by atoms with Gasteiger partial charge in [-0.25, -0.2) is 8.42 Å². The van der Waals surface area contributed by atoms with E-state index in [1.54, 1.807) is 19.1 Å². The van der Waals surface area contributed by atoms with Crippen molar-refractivity contribution in [2.45, 2.75) is 18.2 Å². The van der Waals surface area contributed by atoms with Gasteiger partial charge < -0.3 is 4.74 Å². The van der Waals surface area contributed by atoms with Gasteiger partial charge >= 0.3 is 0 Å². The molecule has 0 aromatic heterocycles. The van der Waals surface area contributed by atoms with E-state index in [9.17, 15) is 8.42 Å². The third kappa shape index (κ3) is 3.18. The Kier molecular flexibility index (Phi) is 4.50. The molecule has 0 radical (unpaired) electrons. The minimum Gasteiger partial charge on any atom is -0.496 e. The van der Waals surface area contributed by atoms with E-state index in [1.165, 1.54) is 13.4 Å². The zero-order valence-electron chi connectivity index (χ0n) is 10.2. The smallest absolute Gasteiger partial charge is 0.151 e. The third-order valence-corrected chi connectivity index (χ3v) is 4.42. The van der Waals surface area contributed by atoms with Gasteiger partial charge in [0.05, 0.1) is 18.4 Å². The van der Waals surface area contributed by atoms with Crippen LogP contribution in [0.3, 0.4) is 0 Å². The summed E-state index contributed by atoms with van der Waals surface area (Å²) >= 11 is 0. The number of methoxy groups -OCH3 is 1. The summed E-state index contributed by atoms with van der Waals surface area (Å²) < 4.78 is 28.3. The van der Waals surface area contributed by atoms with Gasteiger partial charge in [0.15, 0.2) is 9.84 Å². The summed E-state index contributed by atoms with van der Waals surface area (Å²) in [7, 11) is -1.65. The first-order valence-corrected chi connectivity index (χ1v) is 7.15. The van der Waals surface area contributed by atoms with Crippen molar-refractivity contribution in [2.75, 3.05) is 13.4 Å². The highest BCUT2D eigenvalue weighted by Gasteiger charge is 2.28. The lowest BCUT2D eigenvalue weighted by molar-refractivity contribution is 0.397. The molecule has 0 fully saturated rings. The number of ether oxygens (including phenoxy) is 1. The minimum absolute atomic E-state index is 0.499. The van der Waals surface area contributed by atoms with Crippen LogP contribution in [0.5, 0.6) is 5.75 Å². The number of hydrogen-bond donors (Lipinski definition) is 2. The number of hydrazine groups is 1. The first kappa shape index (κ1) is 14.0. The maximum Gasteiger partial charge on any atom is 0.151 e. The molecule has 96 valence electrons. The van der Waals surface area contributed by atoms with Crippen LogP contribution >= 0.6 is 0 Å². The second-order valence-corrected chi connectivity index (χ2v) is 6.32. The van der Waals surface area contributed by atoms with Crippen molar-refractivity contribution < 1.29 is 13.2 Å². The van der Waals surface area contributed by atoms with Gasteiger partial charge in [-0.2, -0.15) is 0 Å². The van der Waals surface area contributed by atoms with E-state index in [2.05, 4.69) is 5.43 Å². The third-order valence-electron chi connectivity index (χ3n) is 2.80. The quantitative estimate of drug-likeness (QED) is 0.598. The van der Waals surface area contributed by atoms with Gasteiger partial charge in [0, 0.05) is 11.8 Å². The molecule has 6 heteroatoms. The lowest BCUT2D eigenvalue weighted by Crippen LogP contribution is -2.39. The predicted molar refractivity (Wildman–Crippen MR) is 67.4 cm³/mol. The summed E-state index contributed by atoms with van der Waals surface area (Å²) in [6.07, 6.45) is 1.19. The van der Waals surface area contributed by atoms with Crippen molar-refractivity contribution in [2.24, 2.45) is 5.84 Å². The summed E-state index contributed by atoms with van der Waals surface area (Å²) in [4.78, 5) is 0. The second kappa shape index (κ2) is 5.48. The van der Waals surface area contributed by atoms with Crippen LogP contribution in [0.4, 0.5) is 0 Å². The molecular weight excluding hydrogens is 240 g/mol. The highest BCUT2D eigenvalue weighted by atomic mass is 32.2. The molecule has 0 spiro atoms. The number of benzene rings is 1. The fourth-order valence-electron chi connectivity index (χ4n) is 1.65. The summed E-state index contributed by atoms with van der Waals surface area (Å²) in [6, 6.07) is 6.71. The van der Waals surface area contributed by atoms with Crippen molar-refractivity contribution in [3.8, 4) is 5.75 Å². The zero-order chi connectivity index (χ0) is 13.1. The largest absolute Gasteiger partial charge is 0.496 e. The SMILES string of the molecule is COc1ccccc1C(NN)C(C)S(C)(=O)=O. The van der Waals surface area contributed by atoms with Gasteiger partial charge in [0.1, 0.15) is 5.75 Å². The van der Waals surface area contributed by atoms with E-state index in [4.69, 9.17) is 10.6 Å². The second-order valence-electron chi connectivity index (χ2n) is 3.92. The van der Waals surface area contributed by atoms with Crippen LogP contribution in [0, 0.1) is 0 Å². The van der Waals surface area contributed by atoms with Crippen LogP contribution in [-0.2, 0) is 9.84 Å². The van der Waals surface area contributed by atoms with E-state index in [1.807, 2.05) is 12.1 Å². The molecule has 0 bridgehead atoms. The molecular formula is C11H18N2O3S. The molecule has 1 rings (SSSR count). The minimum atomic E-state index is -3.19. The Labute approximate surface area is 102 Å². The van der Waals surface area contributed by atoms with E-state index in [0.717, 1.165) is 5.56 Å². The molecule has 0 saturated heterocycles. The normalized spacial score (nSPS) is 15.3. The van der Waals surface area contributed by atoms with Crippen LogP contribution in [0.2, 0.25) is 0 Å². The molecule has 0 aliphatic rings. The Balaban J connectivity index is 3.18. The zero-order valence-corrected chi connectivity index (χ0v) is 11.0. The van der Waals surface area contributed by atoms with Gasteiger partial charge in [-0.05, 0) is 13.0 Å². The lowest BCUT2D eigenvalue weighted by Gasteiger charge is -2.23. The first-order chi connectivity index (χ1) is 7.91. The fraction of sp³-hybridized carbons (Fsp3) is 0.455. The van der Waals surface area contributed by atoms with Crippen molar-refractivity contribution in [1.29, 1.82) is 0 Å². The van der Waals surface area contributed by atoms with Crippen LogP contribution in [0.15, 0.2) is 24.3 Å². The summed E-state index contributed by atoms with van der Waals surface area (Å²) in [6.45, 7) is 1.62. The predicted octanol–water partition coefficient (Wildman–Crippen LogP) is 0.633. The Morgan fingerprint density at radius 3 is 2.41 bits per heavy atom. The monoisotopic (exact) mass is 258 g/mol. The maximum atomic E-state index is 11.6. The van der Waals surface area contributed by atoms with Gasteiger partial charge in [-0.15, -0.1) is 0 Å². The molecule has 0 amide bonds. The van der Waals surface area contributed by atoms with Gasteiger partial charge in [0.25, 0.3) is 0 Å². The van der Waals surface area contributed by atoms with Crippen LogP contribution in [-0.4, -0.2) is 27.0 Å². The highest BCUT2D eigenvalue weighted by Crippen LogP contribution is 2.28. The molecule has 0 aliphatic heterocycles. The molecule has 2 atom stereocenters. The molecule has 0 saturated carbocycles. The molecule has 5 nitrogen and oxygen atoms in total. The summed E-state index contributed by atoms with van der Waals surface area (Å²) in [5.41, 5.74) is 3.27. The Morgan fingerprint density at radius 2 is 1.94 bits per heavy atom. The average Bonchev–Trinajstić information content (AvgIpc) is 2.29. The average molecular weight is 258 g/mol. The summed E-state index contributed by atoms with van der Waals surface area (Å²) in [5, 5.41) is -0.635. The molecule has 0 heterocycles. The van der Waals surface area contributed by atoms with E-state index in [0.29, 0.717) is 5.75 Å². The molecule has 17 heavy (non-hydrogen) atoms.